The lowest BCUT2D eigenvalue weighted by Gasteiger charge is -2.38. The fourth-order valence-electron chi connectivity index (χ4n) is 3.26. The Kier molecular flexibility index (Phi) is 9.25. The number of nitrogens with zero attached hydrogens (tertiary/aromatic N) is 1. The molecule has 1 aromatic rings. The standard InChI is InChI=1S/C20H24F3N.C2H6/c1-3-9-16(11-7-14-20(21,22)23)18(4-2)24-15-8-12-17-10-5-6-13-19(17)24;1-2/h3,5-7,9-11,13,18H,1,4,8,12,14-15H2,2H3;1-2H3/b11-7-,16-9+;. The van der Waals surface area contributed by atoms with Gasteiger partial charge in [-0.3, -0.25) is 0 Å². The molecule has 0 spiro atoms. The van der Waals surface area contributed by atoms with Crippen LogP contribution in [0.15, 0.2) is 60.7 Å². The maximum absolute atomic E-state index is 12.4. The zero-order valence-electron chi connectivity index (χ0n) is 16.0. The minimum atomic E-state index is -4.17. The maximum Gasteiger partial charge on any atom is 0.392 e. The number of hydrogen-bond acceptors (Lipinski definition) is 1. The summed E-state index contributed by atoms with van der Waals surface area (Å²) in [5.74, 6) is 0. The van der Waals surface area contributed by atoms with Crippen LogP contribution in [-0.2, 0) is 6.42 Å². The van der Waals surface area contributed by atoms with Crippen molar-refractivity contribution in [3.63, 3.8) is 0 Å². The van der Waals surface area contributed by atoms with Crippen LogP contribution in [0.1, 0.15) is 45.6 Å². The smallest absolute Gasteiger partial charge is 0.364 e. The van der Waals surface area contributed by atoms with Gasteiger partial charge in [0.15, 0.2) is 0 Å². The summed E-state index contributed by atoms with van der Waals surface area (Å²) in [6.07, 6.45) is 4.11. The molecule has 1 nitrogen and oxygen atoms in total. The molecule has 0 aliphatic carbocycles. The van der Waals surface area contributed by atoms with E-state index in [1.165, 1.54) is 17.3 Å². The van der Waals surface area contributed by atoms with Crippen LogP contribution in [0.4, 0.5) is 18.9 Å². The molecular weight excluding hydrogens is 335 g/mol. The van der Waals surface area contributed by atoms with E-state index in [-0.39, 0.29) is 6.04 Å². The van der Waals surface area contributed by atoms with E-state index in [0.29, 0.717) is 0 Å². The Hall–Kier alpha value is -1.97. The van der Waals surface area contributed by atoms with Crippen LogP contribution in [0.25, 0.3) is 0 Å². The molecule has 0 bridgehead atoms. The molecule has 0 fully saturated rings. The number of alkyl halides is 3. The van der Waals surface area contributed by atoms with E-state index < -0.39 is 12.6 Å². The molecule has 1 atom stereocenters. The van der Waals surface area contributed by atoms with E-state index in [1.807, 2.05) is 32.1 Å². The molecule has 2 rings (SSSR count). The lowest BCUT2D eigenvalue weighted by atomic mass is 9.95. The van der Waals surface area contributed by atoms with E-state index in [2.05, 4.69) is 30.5 Å². The van der Waals surface area contributed by atoms with Crippen LogP contribution in [0, 0.1) is 0 Å². The average Bonchev–Trinajstić information content (AvgIpc) is 2.63. The molecule has 26 heavy (non-hydrogen) atoms. The summed E-state index contributed by atoms with van der Waals surface area (Å²) < 4.78 is 37.3. The van der Waals surface area contributed by atoms with Gasteiger partial charge in [0.2, 0.25) is 0 Å². The van der Waals surface area contributed by atoms with E-state index in [9.17, 15) is 13.2 Å². The first-order valence-electron chi connectivity index (χ1n) is 9.36. The van der Waals surface area contributed by atoms with Gasteiger partial charge in [-0.1, -0.05) is 69.9 Å². The highest BCUT2D eigenvalue weighted by atomic mass is 19.4. The summed E-state index contributed by atoms with van der Waals surface area (Å²) in [4.78, 5) is 2.31. The Morgan fingerprint density at radius 1 is 1.27 bits per heavy atom. The molecule has 0 N–H and O–H groups in total. The van der Waals surface area contributed by atoms with Gasteiger partial charge in [0.05, 0.1) is 12.5 Å². The van der Waals surface area contributed by atoms with Crippen LogP contribution in [0.5, 0.6) is 0 Å². The van der Waals surface area contributed by atoms with Crippen molar-refractivity contribution in [3.05, 3.63) is 66.3 Å². The molecule has 1 heterocycles. The molecule has 1 unspecified atom stereocenters. The van der Waals surface area contributed by atoms with Gasteiger partial charge < -0.3 is 4.90 Å². The van der Waals surface area contributed by atoms with Gasteiger partial charge in [-0.05, 0) is 36.5 Å². The second kappa shape index (κ2) is 10.9. The maximum atomic E-state index is 12.4. The summed E-state index contributed by atoms with van der Waals surface area (Å²) in [5, 5.41) is 0. The van der Waals surface area contributed by atoms with E-state index in [4.69, 9.17) is 0 Å². The van der Waals surface area contributed by atoms with Crippen molar-refractivity contribution in [2.45, 2.75) is 58.7 Å². The first kappa shape index (κ1) is 22.1. The molecule has 4 heteroatoms. The number of benzene rings is 1. The third-order valence-electron chi connectivity index (χ3n) is 4.26. The lowest BCUT2D eigenvalue weighted by Crippen LogP contribution is -2.39. The zero-order chi connectivity index (χ0) is 19.6. The Balaban J connectivity index is 0.00000163. The molecule has 1 aliphatic rings. The average molecular weight is 365 g/mol. The fourth-order valence-corrected chi connectivity index (χ4v) is 3.26. The van der Waals surface area contributed by atoms with E-state index >= 15 is 0 Å². The predicted molar refractivity (Wildman–Crippen MR) is 106 cm³/mol. The SMILES string of the molecule is C=C/C=C(\C=C/CC(F)(F)F)C(CC)N1CCCc2ccccc21.CC. The summed E-state index contributed by atoms with van der Waals surface area (Å²) in [5.41, 5.74) is 3.36. The normalized spacial score (nSPS) is 15.9. The molecule has 0 amide bonds. The molecule has 144 valence electrons. The summed E-state index contributed by atoms with van der Waals surface area (Å²) in [7, 11) is 0. The van der Waals surface area contributed by atoms with Crippen LogP contribution >= 0.6 is 0 Å². The summed E-state index contributed by atoms with van der Waals surface area (Å²) in [6.45, 7) is 10.7. The minimum absolute atomic E-state index is 0.0499. The number of hydrogen-bond donors (Lipinski definition) is 0. The predicted octanol–water partition coefficient (Wildman–Crippen LogP) is 6.87. The van der Waals surface area contributed by atoms with Gasteiger partial charge in [0.25, 0.3) is 0 Å². The second-order valence-corrected chi connectivity index (χ2v) is 5.97. The fraction of sp³-hybridized carbons (Fsp3) is 0.455. The highest BCUT2D eigenvalue weighted by molar-refractivity contribution is 5.58. The van der Waals surface area contributed by atoms with Crippen LogP contribution in [0.3, 0.4) is 0 Å². The minimum Gasteiger partial charge on any atom is -0.364 e. The Morgan fingerprint density at radius 3 is 2.58 bits per heavy atom. The lowest BCUT2D eigenvalue weighted by molar-refractivity contribution is -0.125. The van der Waals surface area contributed by atoms with Crippen molar-refractivity contribution >= 4 is 5.69 Å². The van der Waals surface area contributed by atoms with Gasteiger partial charge in [-0.2, -0.15) is 13.2 Å². The molecule has 1 aliphatic heterocycles. The molecule has 0 aromatic heterocycles. The number of para-hydroxylation sites is 1. The third-order valence-corrected chi connectivity index (χ3v) is 4.26. The summed E-state index contributed by atoms with van der Waals surface area (Å²) in [6, 6.07) is 8.33. The van der Waals surface area contributed by atoms with Gasteiger partial charge in [-0.25, -0.2) is 0 Å². The summed E-state index contributed by atoms with van der Waals surface area (Å²) >= 11 is 0. The van der Waals surface area contributed by atoms with Crippen LogP contribution < -0.4 is 4.90 Å². The first-order chi connectivity index (χ1) is 12.5. The van der Waals surface area contributed by atoms with Crippen molar-refractivity contribution in [3.8, 4) is 0 Å². The van der Waals surface area contributed by atoms with Gasteiger partial charge in [0.1, 0.15) is 0 Å². The molecule has 1 aromatic carbocycles. The van der Waals surface area contributed by atoms with Crippen molar-refractivity contribution in [1.29, 1.82) is 0 Å². The van der Waals surface area contributed by atoms with Gasteiger partial charge in [0, 0.05) is 12.2 Å². The highest BCUT2D eigenvalue weighted by Crippen LogP contribution is 2.32. The van der Waals surface area contributed by atoms with Gasteiger partial charge in [-0.15, -0.1) is 0 Å². The third kappa shape index (κ3) is 6.40. The Labute approximate surface area is 155 Å². The topological polar surface area (TPSA) is 3.24 Å². The number of allylic oxidation sites excluding steroid dienone is 3. The Bertz CT molecular complexity index is 614. The van der Waals surface area contributed by atoms with E-state index in [1.54, 1.807) is 12.2 Å². The number of halogens is 3. The number of rotatable bonds is 6. The van der Waals surface area contributed by atoms with E-state index in [0.717, 1.165) is 31.4 Å². The molecule has 0 saturated heterocycles. The largest absolute Gasteiger partial charge is 0.392 e. The number of fused-ring (bicyclic) bond motifs is 1. The quantitative estimate of drug-likeness (QED) is 0.497. The monoisotopic (exact) mass is 365 g/mol. The van der Waals surface area contributed by atoms with Crippen LogP contribution in [-0.4, -0.2) is 18.8 Å². The molecule has 0 radical (unpaired) electrons. The van der Waals surface area contributed by atoms with Gasteiger partial charge >= 0.3 is 6.18 Å². The number of anilines is 1. The molecule has 0 saturated carbocycles. The zero-order valence-corrected chi connectivity index (χ0v) is 16.0. The van der Waals surface area contributed by atoms with Crippen molar-refractivity contribution in [2.75, 3.05) is 11.4 Å². The van der Waals surface area contributed by atoms with Crippen molar-refractivity contribution in [1.82, 2.24) is 0 Å². The van der Waals surface area contributed by atoms with Crippen molar-refractivity contribution < 1.29 is 13.2 Å². The Morgan fingerprint density at radius 2 is 1.96 bits per heavy atom. The molecular formula is C22H30F3N. The highest BCUT2D eigenvalue weighted by Gasteiger charge is 2.26. The van der Waals surface area contributed by atoms with Crippen LogP contribution in [0.2, 0.25) is 0 Å². The second-order valence-electron chi connectivity index (χ2n) is 5.97. The number of aryl methyl sites for hydroxylation is 1. The van der Waals surface area contributed by atoms with Crippen molar-refractivity contribution in [2.24, 2.45) is 0 Å². The first-order valence-corrected chi connectivity index (χ1v) is 9.36.